The van der Waals surface area contributed by atoms with Gasteiger partial charge < -0.3 is 4.42 Å². The van der Waals surface area contributed by atoms with Crippen molar-refractivity contribution in [2.75, 3.05) is 0 Å². The molecule has 0 amide bonds. The van der Waals surface area contributed by atoms with E-state index in [1.165, 1.54) is 10.8 Å². The van der Waals surface area contributed by atoms with Crippen molar-refractivity contribution in [3.63, 3.8) is 0 Å². The van der Waals surface area contributed by atoms with E-state index in [0.717, 1.165) is 83.5 Å². The van der Waals surface area contributed by atoms with Gasteiger partial charge in [0.1, 0.15) is 11.2 Å². The SMILES string of the molecule is c1ccc(-c2nc(-c3ccc(-c4ccccn4)cc3)cc(-c3cc(-c4ccc5ccccc5c4)cc(-c4cccc5c4oc4ccccc45)c3)n2)cc1. The molecule has 0 atom stereocenters. The Kier molecular flexibility index (Phi) is 7.43. The highest BCUT2D eigenvalue weighted by atomic mass is 16.3. The summed E-state index contributed by atoms with van der Waals surface area (Å²) in [5, 5.41) is 4.61. The molecule has 7 aromatic carbocycles. The van der Waals surface area contributed by atoms with Crippen molar-refractivity contribution in [1.82, 2.24) is 15.0 Å². The normalized spacial score (nSPS) is 11.4. The van der Waals surface area contributed by atoms with Crippen LogP contribution in [0.15, 0.2) is 193 Å². The number of benzene rings is 7. The van der Waals surface area contributed by atoms with E-state index in [1.807, 2.05) is 54.7 Å². The lowest BCUT2D eigenvalue weighted by Gasteiger charge is -2.14. The van der Waals surface area contributed by atoms with Crippen LogP contribution in [0.2, 0.25) is 0 Å². The zero-order valence-corrected chi connectivity index (χ0v) is 28.6. The Labute approximate surface area is 306 Å². The Balaban J connectivity index is 1.19. The van der Waals surface area contributed by atoms with Crippen molar-refractivity contribution < 1.29 is 4.42 Å². The van der Waals surface area contributed by atoms with Gasteiger partial charge >= 0.3 is 0 Å². The van der Waals surface area contributed by atoms with Crippen LogP contribution in [0, 0.1) is 0 Å². The number of hydrogen-bond acceptors (Lipinski definition) is 4. The maximum Gasteiger partial charge on any atom is 0.160 e. The first-order chi connectivity index (χ1) is 26.2. The Hall–Kier alpha value is -7.17. The number of rotatable bonds is 6. The number of pyridine rings is 1. The number of fused-ring (bicyclic) bond motifs is 4. The van der Waals surface area contributed by atoms with E-state index in [4.69, 9.17) is 14.4 Å². The van der Waals surface area contributed by atoms with Crippen molar-refractivity contribution in [3.8, 4) is 67.4 Å². The van der Waals surface area contributed by atoms with Gasteiger partial charge in [0.15, 0.2) is 5.82 Å². The van der Waals surface area contributed by atoms with Crippen molar-refractivity contribution in [2.45, 2.75) is 0 Å². The van der Waals surface area contributed by atoms with Gasteiger partial charge in [-0.15, -0.1) is 0 Å². The third-order valence-electron chi connectivity index (χ3n) is 9.93. The minimum atomic E-state index is 0.670. The van der Waals surface area contributed by atoms with Gasteiger partial charge in [-0.05, 0) is 76.0 Å². The molecule has 0 N–H and O–H groups in total. The molecule has 0 radical (unpaired) electrons. The van der Waals surface area contributed by atoms with Crippen LogP contribution >= 0.6 is 0 Å². The molecule has 3 heterocycles. The lowest BCUT2D eigenvalue weighted by Crippen LogP contribution is -1.96. The molecule has 3 aromatic heterocycles. The minimum Gasteiger partial charge on any atom is -0.455 e. The molecule has 0 bridgehead atoms. The van der Waals surface area contributed by atoms with E-state index < -0.39 is 0 Å². The van der Waals surface area contributed by atoms with Gasteiger partial charge in [-0.3, -0.25) is 4.98 Å². The molecule has 0 saturated carbocycles. The van der Waals surface area contributed by atoms with Gasteiger partial charge in [0.2, 0.25) is 0 Å². The Bertz CT molecular complexity index is 2930. The second kappa shape index (κ2) is 12.9. The Morgan fingerprint density at radius 2 is 1.02 bits per heavy atom. The number of aromatic nitrogens is 3. The predicted octanol–water partition coefficient (Wildman–Crippen LogP) is 12.9. The monoisotopic (exact) mass is 677 g/mol. The van der Waals surface area contributed by atoms with E-state index in [1.54, 1.807) is 0 Å². The largest absolute Gasteiger partial charge is 0.455 e. The summed E-state index contributed by atoms with van der Waals surface area (Å²) in [6.07, 6.45) is 1.82. The van der Waals surface area contributed by atoms with Gasteiger partial charge in [0.05, 0.1) is 17.1 Å². The predicted molar refractivity (Wildman–Crippen MR) is 217 cm³/mol. The molecular weight excluding hydrogens is 647 g/mol. The molecule has 0 fully saturated rings. The van der Waals surface area contributed by atoms with E-state index >= 15 is 0 Å². The minimum absolute atomic E-state index is 0.670. The average Bonchev–Trinajstić information content (AvgIpc) is 3.63. The molecule has 0 aliphatic rings. The molecule has 0 unspecified atom stereocenters. The number of hydrogen-bond donors (Lipinski definition) is 0. The zero-order chi connectivity index (χ0) is 35.1. The molecule has 0 aliphatic carbocycles. The Morgan fingerprint density at radius 3 is 1.85 bits per heavy atom. The van der Waals surface area contributed by atoms with Gasteiger partial charge in [-0.2, -0.15) is 0 Å². The fourth-order valence-corrected chi connectivity index (χ4v) is 7.25. The van der Waals surface area contributed by atoms with E-state index in [0.29, 0.717) is 5.82 Å². The summed E-state index contributed by atoms with van der Waals surface area (Å²) in [7, 11) is 0. The van der Waals surface area contributed by atoms with Crippen LogP contribution in [0.4, 0.5) is 0 Å². The van der Waals surface area contributed by atoms with Gasteiger partial charge in [-0.25, -0.2) is 9.97 Å². The zero-order valence-electron chi connectivity index (χ0n) is 28.6. The fraction of sp³-hybridized carbons (Fsp3) is 0. The fourth-order valence-electron chi connectivity index (χ4n) is 7.25. The lowest BCUT2D eigenvalue weighted by atomic mass is 9.93. The Morgan fingerprint density at radius 1 is 0.358 bits per heavy atom. The van der Waals surface area contributed by atoms with E-state index in [2.05, 4.69) is 138 Å². The van der Waals surface area contributed by atoms with Crippen LogP contribution in [-0.4, -0.2) is 15.0 Å². The third-order valence-corrected chi connectivity index (χ3v) is 9.93. The molecule has 4 heteroatoms. The standard InChI is InChI=1S/C49H31N3O/c1-2-12-35(13-3-1)49-51-45(34-23-21-33(22-24-34)44-18-8-9-26-50-44)31-46(52-49)40-29-38(37-25-20-32-11-4-5-14-36(32)27-37)28-39(30-40)41-16-10-17-43-42-15-6-7-19-47(42)53-48(41)43/h1-31H. The van der Waals surface area contributed by atoms with Crippen LogP contribution < -0.4 is 0 Å². The van der Waals surface area contributed by atoms with Crippen molar-refractivity contribution in [3.05, 3.63) is 188 Å². The average molecular weight is 678 g/mol. The maximum atomic E-state index is 6.55. The number of para-hydroxylation sites is 2. The molecular formula is C49H31N3O. The van der Waals surface area contributed by atoms with Crippen molar-refractivity contribution in [2.24, 2.45) is 0 Å². The summed E-state index contributed by atoms with van der Waals surface area (Å²) in [6.45, 7) is 0. The topological polar surface area (TPSA) is 51.8 Å². The van der Waals surface area contributed by atoms with Crippen molar-refractivity contribution >= 4 is 32.7 Å². The molecule has 0 aliphatic heterocycles. The molecule has 4 nitrogen and oxygen atoms in total. The highest BCUT2D eigenvalue weighted by Crippen LogP contribution is 2.40. The summed E-state index contributed by atoms with van der Waals surface area (Å²) in [5.41, 5.74) is 12.7. The number of nitrogens with zero attached hydrogens (tertiary/aromatic N) is 3. The summed E-state index contributed by atoms with van der Waals surface area (Å²) < 4.78 is 6.55. The van der Waals surface area contributed by atoms with Gasteiger partial charge in [0.25, 0.3) is 0 Å². The summed E-state index contributed by atoms with van der Waals surface area (Å²) in [4.78, 5) is 14.9. The summed E-state index contributed by atoms with van der Waals surface area (Å²) in [6, 6.07) is 63.3. The first-order valence-corrected chi connectivity index (χ1v) is 17.8. The number of furan rings is 1. The van der Waals surface area contributed by atoms with Crippen LogP contribution in [-0.2, 0) is 0 Å². The quantitative estimate of drug-likeness (QED) is 0.176. The van der Waals surface area contributed by atoms with Crippen molar-refractivity contribution in [1.29, 1.82) is 0 Å². The van der Waals surface area contributed by atoms with E-state index in [9.17, 15) is 0 Å². The smallest absolute Gasteiger partial charge is 0.160 e. The summed E-state index contributed by atoms with van der Waals surface area (Å²) >= 11 is 0. The second-order valence-corrected chi connectivity index (χ2v) is 13.3. The second-order valence-electron chi connectivity index (χ2n) is 13.3. The highest BCUT2D eigenvalue weighted by molar-refractivity contribution is 6.10. The first kappa shape index (κ1) is 30.6. The van der Waals surface area contributed by atoms with Gasteiger partial charge in [0, 0.05) is 44.8 Å². The van der Waals surface area contributed by atoms with Gasteiger partial charge in [-0.1, -0.05) is 133 Å². The molecule has 10 rings (SSSR count). The first-order valence-electron chi connectivity index (χ1n) is 17.8. The van der Waals surface area contributed by atoms with Crippen LogP contribution in [0.5, 0.6) is 0 Å². The highest BCUT2D eigenvalue weighted by Gasteiger charge is 2.17. The van der Waals surface area contributed by atoms with E-state index in [-0.39, 0.29) is 0 Å². The molecule has 10 aromatic rings. The van der Waals surface area contributed by atoms with Crippen LogP contribution in [0.3, 0.4) is 0 Å². The molecule has 0 saturated heterocycles. The van der Waals surface area contributed by atoms with Crippen LogP contribution in [0.25, 0.3) is 100 Å². The maximum absolute atomic E-state index is 6.55. The van der Waals surface area contributed by atoms with Crippen LogP contribution in [0.1, 0.15) is 0 Å². The molecule has 53 heavy (non-hydrogen) atoms. The molecule has 248 valence electrons. The third kappa shape index (κ3) is 5.73. The molecule has 0 spiro atoms. The summed E-state index contributed by atoms with van der Waals surface area (Å²) in [5.74, 6) is 0.670. The lowest BCUT2D eigenvalue weighted by molar-refractivity contribution is 0.670.